The number of rotatable bonds is 5. The minimum atomic E-state index is -4.26. The van der Waals surface area contributed by atoms with Crippen LogP contribution < -0.4 is 4.31 Å². The monoisotopic (exact) mass is 636 g/mol. The van der Waals surface area contributed by atoms with Gasteiger partial charge in [-0.1, -0.05) is 63.1 Å². The summed E-state index contributed by atoms with van der Waals surface area (Å²) in [5, 5.41) is 0. The Labute approximate surface area is 266 Å². The van der Waals surface area contributed by atoms with Gasteiger partial charge in [0.25, 0.3) is 10.0 Å². The van der Waals surface area contributed by atoms with E-state index in [2.05, 4.69) is 20.8 Å². The van der Waals surface area contributed by atoms with Gasteiger partial charge in [0.15, 0.2) is 0 Å². The van der Waals surface area contributed by atoms with Crippen LogP contribution in [0, 0.1) is 29.6 Å². The highest BCUT2D eigenvalue weighted by Crippen LogP contribution is 2.65. The Balaban J connectivity index is 1.59. The highest BCUT2D eigenvalue weighted by atomic mass is 32.2. The van der Waals surface area contributed by atoms with Gasteiger partial charge in [0.05, 0.1) is 24.8 Å². The van der Waals surface area contributed by atoms with Crippen LogP contribution in [0.2, 0.25) is 0 Å². The van der Waals surface area contributed by atoms with E-state index >= 15 is 0 Å². The lowest BCUT2D eigenvalue weighted by molar-refractivity contribution is -0.145. The van der Waals surface area contributed by atoms with Crippen LogP contribution in [-0.4, -0.2) is 57.6 Å². The lowest BCUT2D eigenvalue weighted by Crippen LogP contribution is -2.58. The molecule has 0 N–H and O–H groups in total. The third-order valence-corrected chi connectivity index (χ3v) is 13.5. The van der Waals surface area contributed by atoms with Gasteiger partial charge in [-0.3, -0.25) is 9.69 Å². The van der Waals surface area contributed by atoms with Gasteiger partial charge in [-0.2, -0.15) is 0 Å². The molecule has 2 aliphatic carbocycles. The zero-order valence-corrected chi connectivity index (χ0v) is 27.9. The number of carbonyl (C=O) groups is 3. The Bertz CT molecular complexity index is 1640. The van der Waals surface area contributed by atoms with E-state index in [0.29, 0.717) is 30.0 Å². The number of sulfonamides is 1. The molecule has 3 fully saturated rings. The molecule has 4 aliphatic rings. The first-order valence-electron chi connectivity index (χ1n) is 15.9. The minimum Gasteiger partial charge on any atom is -0.467 e. The highest BCUT2D eigenvalue weighted by Gasteiger charge is 2.68. The van der Waals surface area contributed by atoms with Gasteiger partial charge in [-0.25, -0.2) is 22.3 Å². The standard InChI is InChI=1S/C35H44N2O7S/c1-22-12-14-23(15-13-22)45(41,42)37-26-11-8-7-10-24(26)35(21-27(30(39)43-5)36(31(35)37)32(40)44-6)20-25-28(38)16-17-29-33(2,3)18-9-19-34(25,29)4/h7-8,10-15,25,27,29,31H,9,16-21H2,1-6H3/t25-,27-,29-,31+,34+,35-/m0/s1. The summed E-state index contributed by atoms with van der Waals surface area (Å²) < 4.78 is 41.1. The zero-order valence-electron chi connectivity index (χ0n) is 27.0. The number of carbonyl (C=O) groups excluding carboxylic acids is 3. The number of methoxy groups -OCH3 is 2. The van der Waals surface area contributed by atoms with Crippen LogP contribution in [0.3, 0.4) is 0 Å². The molecule has 2 aromatic carbocycles. The molecule has 2 heterocycles. The number of benzene rings is 2. The molecule has 0 unspecified atom stereocenters. The molecular weight excluding hydrogens is 592 g/mol. The number of likely N-dealkylation sites (tertiary alicyclic amines) is 1. The number of fused-ring (bicyclic) bond motifs is 4. The molecule has 0 aromatic heterocycles. The molecule has 1 amide bonds. The quantitative estimate of drug-likeness (QED) is 0.371. The van der Waals surface area contributed by atoms with Crippen molar-refractivity contribution in [3.8, 4) is 0 Å². The molecular formula is C35H44N2O7S. The van der Waals surface area contributed by atoms with E-state index in [0.717, 1.165) is 31.2 Å². The molecule has 0 radical (unpaired) electrons. The van der Waals surface area contributed by atoms with Gasteiger partial charge in [0.1, 0.15) is 18.0 Å². The van der Waals surface area contributed by atoms with Crippen molar-refractivity contribution < 1.29 is 32.3 Å². The van der Waals surface area contributed by atoms with E-state index in [-0.39, 0.29) is 33.8 Å². The summed E-state index contributed by atoms with van der Waals surface area (Å²) in [4.78, 5) is 42.5. The number of para-hydroxylation sites is 1. The Morgan fingerprint density at radius 1 is 0.978 bits per heavy atom. The second-order valence-corrected chi connectivity index (χ2v) is 16.3. The number of Topliss-reactive ketones (excluding diaryl/α,β-unsaturated/α-hetero) is 1. The van der Waals surface area contributed by atoms with E-state index in [9.17, 15) is 22.8 Å². The van der Waals surface area contributed by atoms with E-state index < -0.39 is 39.7 Å². The third kappa shape index (κ3) is 4.61. The second kappa shape index (κ2) is 10.9. The molecule has 9 nitrogen and oxygen atoms in total. The van der Waals surface area contributed by atoms with Gasteiger partial charge in [-0.15, -0.1) is 0 Å². The molecule has 6 atom stereocenters. The first kappa shape index (κ1) is 31.6. The normalized spacial score (nSPS) is 32.0. The highest BCUT2D eigenvalue weighted by molar-refractivity contribution is 7.92. The summed E-state index contributed by atoms with van der Waals surface area (Å²) in [6, 6.07) is 12.7. The van der Waals surface area contributed by atoms with Crippen molar-refractivity contribution >= 4 is 33.6 Å². The average molecular weight is 637 g/mol. The number of ether oxygens (including phenoxy) is 2. The first-order valence-corrected chi connectivity index (χ1v) is 17.3. The molecule has 2 aromatic rings. The Kier molecular flexibility index (Phi) is 7.61. The summed E-state index contributed by atoms with van der Waals surface area (Å²) in [5.41, 5.74) is 0.720. The van der Waals surface area contributed by atoms with Crippen molar-refractivity contribution in [3.05, 3.63) is 59.7 Å². The van der Waals surface area contributed by atoms with Crippen LogP contribution >= 0.6 is 0 Å². The maximum Gasteiger partial charge on any atom is 0.411 e. The van der Waals surface area contributed by atoms with Crippen molar-refractivity contribution in [2.75, 3.05) is 18.5 Å². The van der Waals surface area contributed by atoms with Crippen LogP contribution in [0.4, 0.5) is 10.5 Å². The zero-order chi connectivity index (χ0) is 32.5. The van der Waals surface area contributed by atoms with Crippen molar-refractivity contribution in [3.63, 3.8) is 0 Å². The maximum absolute atomic E-state index is 14.7. The number of hydrogen-bond acceptors (Lipinski definition) is 7. The van der Waals surface area contributed by atoms with E-state index in [1.54, 1.807) is 36.4 Å². The minimum absolute atomic E-state index is 0.0553. The smallest absolute Gasteiger partial charge is 0.411 e. The number of anilines is 1. The Morgan fingerprint density at radius 2 is 1.67 bits per heavy atom. The average Bonchev–Trinajstić information content (AvgIpc) is 3.47. The molecule has 2 aliphatic heterocycles. The Hall–Kier alpha value is -3.40. The van der Waals surface area contributed by atoms with Crippen LogP contribution in [-0.2, 0) is 34.5 Å². The second-order valence-electron chi connectivity index (χ2n) is 14.4. The van der Waals surface area contributed by atoms with E-state index in [1.807, 2.05) is 19.1 Å². The first-order chi connectivity index (χ1) is 21.2. The molecule has 0 bridgehead atoms. The van der Waals surface area contributed by atoms with E-state index in [1.165, 1.54) is 23.4 Å². The summed E-state index contributed by atoms with van der Waals surface area (Å²) in [6.45, 7) is 8.71. The topological polar surface area (TPSA) is 110 Å². The van der Waals surface area contributed by atoms with Crippen LogP contribution in [0.15, 0.2) is 53.4 Å². The third-order valence-electron chi connectivity index (χ3n) is 11.7. The molecule has 1 saturated heterocycles. The molecule has 2 saturated carbocycles. The van der Waals surface area contributed by atoms with Crippen molar-refractivity contribution in [2.24, 2.45) is 22.7 Å². The molecule has 242 valence electrons. The number of amides is 1. The predicted octanol–water partition coefficient (Wildman–Crippen LogP) is 5.98. The Morgan fingerprint density at radius 3 is 2.33 bits per heavy atom. The van der Waals surface area contributed by atoms with E-state index in [4.69, 9.17) is 9.47 Å². The molecule has 45 heavy (non-hydrogen) atoms. The van der Waals surface area contributed by atoms with Gasteiger partial charge < -0.3 is 9.47 Å². The molecule has 10 heteroatoms. The van der Waals surface area contributed by atoms with Gasteiger partial charge >= 0.3 is 12.1 Å². The number of hydrogen-bond donors (Lipinski definition) is 0. The maximum atomic E-state index is 14.7. The fourth-order valence-electron chi connectivity index (χ4n) is 9.68. The summed E-state index contributed by atoms with van der Waals surface area (Å²) >= 11 is 0. The number of aryl methyl sites for hydroxylation is 1. The fraction of sp³-hybridized carbons (Fsp3) is 0.571. The van der Waals surface area contributed by atoms with Crippen LogP contribution in [0.5, 0.6) is 0 Å². The van der Waals surface area contributed by atoms with Crippen molar-refractivity contribution in [1.82, 2.24) is 4.90 Å². The lowest BCUT2D eigenvalue weighted by atomic mass is 9.46. The van der Waals surface area contributed by atoms with Crippen LogP contribution in [0.1, 0.15) is 76.8 Å². The SMILES string of the molecule is COC(=O)[C@@H]1C[C@@]2(C[C@H]3C(=O)CC[C@H]4C(C)(C)CCC[C@]34C)c3ccccc3N(S(=O)(=O)c3ccc(C)cc3)[C@H]2N1C(=O)OC. The largest absolute Gasteiger partial charge is 0.467 e. The predicted molar refractivity (Wildman–Crippen MR) is 169 cm³/mol. The fourth-order valence-corrected chi connectivity index (χ4v) is 11.4. The van der Waals surface area contributed by atoms with Gasteiger partial charge in [-0.05, 0) is 79.5 Å². The molecule has 6 rings (SSSR count). The number of ketones is 1. The van der Waals surface area contributed by atoms with Crippen LogP contribution in [0.25, 0.3) is 0 Å². The summed E-state index contributed by atoms with van der Waals surface area (Å²) in [6.07, 6.45) is 2.71. The number of esters is 1. The number of nitrogens with zero attached hydrogens (tertiary/aromatic N) is 2. The van der Waals surface area contributed by atoms with Gasteiger partial charge in [0.2, 0.25) is 0 Å². The summed E-state index contributed by atoms with van der Waals surface area (Å²) in [7, 11) is -1.78. The van der Waals surface area contributed by atoms with Gasteiger partial charge in [0, 0.05) is 17.8 Å². The van der Waals surface area contributed by atoms with Crippen molar-refractivity contribution in [1.29, 1.82) is 0 Å². The molecule has 0 spiro atoms. The lowest BCUT2D eigenvalue weighted by Gasteiger charge is -2.57. The summed E-state index contributed by atoms with van der Waals surface area (Å²) in [5.74, 6) is -0.556. The van der Waals surface area contributed by atoms with Crippen molar-refractivity contribution in [2.45, 2.75) is 95.2 Å².